The van der Waals surface area contributed by atoms with Gasteiger partial charge in [0.2, 0.25) is 5.91 Å². The summed E-state index contributed by atoms with van der Waals surface area (Å²) in [6.45, 7) is 3.93. The lowest BCUT2D eigenvalue weighted by Crippen LogP contribution is -2.21. The molecule has 0 aromatic carbocycles. The molecule has 1 amide bonds. The van der Waals surface area contributed by atoms with Crippen LogP contribution < -0.4 is 16.4 Å². The van der Waals surface area contributed by atoms with Crippen molar-refractivity contribution in [3.63, 3.8) is 0 Å². The summed E-state index contributed by atoms with van der Waals surface area (Å²) in [5.74, 6) is 2.58. The van der Waals surface area contributed by atoms with Gasteiger partial charge < -0.3 is 21.1 Å². The van der Waals surface area contributed by atoms with Crippen molar-refractivity contribution in [1.82, 2.24) is 9.97 Å². The summed E-state index contributed by atoms with van der Waals surface area (Å²) in [6.07, 6.45) is 3.38. The van der Waals surface area contributed by atoms with Crippen LogP contribution in [-0.4, -0.2) is 42.2 Å². The minimum atomic E-state index is -0.459. The molecule has 0 radical (unpaired) electrons. The molecule has 116 valence electrons. The van der Waals surface area contributed by atoms with Crippen LogP contribution in [0.3, 0.4) is 0 Å². The van der Waals surface area contributed by atoms with E-state index in [0.717, 1.165) is 30.4 Å². The fourth-order valence-corrected chi connectivity index (χ4v) is 1.85. The number of nitrogens with zero attached hydrogens (tertiary/aromatic N) is 2. The molecule has 1 aliphatic carbocycles. The second-order valence-corrected chi connectivity index (χ2v) is 5.14. The fraction of sp³-hybridized carbons (Fsp3) is 0.643. The number of aromatic nitrogens is 2. The van der Waals surface area contributed by atoms with Crippen LogP contribution in [0.15, 0.2) is 6.07 Å². The summed E-state index contributed by atoms with van der Waals surface area (Å²) in [7, 11) is 0. The zero-order valence-electron chi connectivity index (χ0n) is 12.4. The second kappa shape index (κ2) is 7.78. The summed E-state index contributed by atoms with van der Waals surface area (Å²) in [5.41, 5.74) is 5.00. The molecule has 0 bridgehead atoms. The van der Waals surface area contributed by atoms with Gasteiger partial charge in [-0.2, -0.15) is 0 Å². The lowest BCUT2D eigenvalue weighted by atomic mass is 10.3. The first-order chi connectivity index (χ1) is 10.2. The van der Waals surface area contributed by atoms with Gasteiger partial charge in [-0.1, -0.05) is 6.92 Å². The largest absolute Gasteiger partial charge is 0.370 e. The number of anilines is 2. The molecule has 1 heterocycles. The molecule has 0 atom stereocenters. The van der Waals surface area contributed by atoms with Gasteiger partial charge in [0.05, 0.1) is 6.61 Å². The standard InChI is InChI=1S/C14H23N5O2/c1-2-5-16-12-8-13(17-6-7-21-9-11(15)20)19-14(18-12)10-3-4-10/h8,10H,2-7,9H2,1H3,(H2,15,20)(H2,16,17,18,19). The molecule has 21 heavy (non-hydrogen) atoms. The van der Waals surface area contributed by atoms with E-state index in [0.29, 0.717) is 19.1 Å². The number of rotatable bonds is 10. The lowest BCUT2D eigenvalue weighted by Gasteiger charge is -2.11. The zero-order valence-corrected chi connectivity index (χ0v) is 12.4. The monoisotopic (exact) mass is 293 g/mol. The molecule has 4 N–H and O–H groups in total. The van der Waals surface area contributed by atoms with Crippen LogP contribution in [0.25, 0.3) is 0 Å². The number of nitrogens with one attached hydrogen (secondary N) is 2. The van der Waals surface area contributed by atoms with E-state index in [1.54, 1.807) is 0 Å². The van der Waals surface area contributed by atoms with Crippen LogP contribution in [0.4, 0.5) is 11.6 Å². The van der Waals surface area contributed by atoms with Gasteiger partial charge in [-0.05, 0) is 19.3 Å². The third-order valence-electron chi connectivity index (χ3n) is 3.04. The Hall–Kier alpha value is -1.89. The summed E-state index contributed by atoms with van der Waals surface area (Å²) < 4.78 is 5.11. The average molecular weight is 293 g/mol. The van der Waals surface area contributed by atoms with E-state index >= 15 is 0 Å². The van der Waals surface area contributed by atoms with Crippen molar-refractivity contribution in [1.29, 1.82) is 0 Å². The Morgan fingerprint density at radius 1 is 1.33 bits per heavy atom. The summed E-state index contributed by atoms with van der Waals surface area (Å²) >= 11 is 0. The third kappa shape index (κ3) is 5.55. The zero-order chi connectivity index (χ0) is 15.1. The number of ether oxygens (including phenoxy) is 1. The van der Waals surface area contributed by atoms with Crippen molar-refractivity contribution in [3.8, 4) is 0 Å². The Balaban J connectivity index is 1.87. The average Bonchev–Trinajstić information content (AvgIpc) is 3.29. The predicted octanol–water partition coefficient (Wildman–Crippen LogP) is 1.09. The topological polar surface area (TPSA) is 102 Å². The van der Waals surface area contributed by atoms with E-state index in [1.807, 2.05) is 6.07 Å². The molecule has 1 aromatic rings. The molecule has 7 heteroatoms. The minimum absolute atomic E-state index is 0.0535. The van der Waals surface area contributed by atoms with Gasteiger partial charge in [-0.3, -0.25) is 4.79 Å². The SMILES string of the molecule is CCCNc1cc(NCCOCC(N)=O)nc(C2CC2)n1. The summed E-state index contributed by atoms with van der Waals surface area (Å²) in [4.78, 5) is 19.6. The van der Waals surface area contributed by atoms with E-state index in [2.05, 4.69) is 27.5 Å². The van der Waals surface area contributed by atoms with Crippen molar-refractivity contribution in [2.24, 2.45) is 5.73 Å². The van der Waals surface area contributed by atoms with Crippen molar-refractivity contribution in [2.75, 3.05) is 36.9 Å². The van der Waals surface area contributed by atoms with Crippen LogP contribution in [-0.2, 0) is 9.53 Å². The maximum absolute atomic E-state index is 10.6. The van der Waals surface area contributed by atoms with Crippen LogP contribution in [0.2, 0.25) is 0 Å². The van der Waals surface area contributed by atoms with Gasteiger partial charge in [-0.25, -0.2) is 9.97 Å². The Kier molecular flexibility index (Phi) is 5.74. The smallest absolute Gasteiger partial charge is 0.243 e. The predicted molar refractivity (Wildman–Crippen MR) is 81.3 cm³/mol. The Morgan fingerprint density at radius 3 is 2.57 bits per heavy atom. The normalized spacial score (nSPS) is 14.0. The highest BCUT2D eigenvalue weighted by atomic mass is 16.5. The molecule has 1 aliphatic rings. The van der Waals surface area contributed by atoms with Crippen LogP contribution in [0, 0.1) is 0 Å². The maximum atomic E-state index is 10.6. The van der Waals surface area contributed by atoms with E-state index in [-0.39, 0.29) is 6.61 Å². The molecule has 1 saturated carbocycles. The summed E-state index contributed by atoms with van der Waals surface area (Å²) in [5, 5.41) is 6.48. The highest BCUT2D eigenvalue weighted by Gasteiger charge is 2.27. The molecule has 1 fully saturated rings. The third-order valence-corrected chi connectivity index (χ3v) is 3.04. The molecule has 1 aromatic heterocycles. The maximum Gasteiger partial charge on any atom is 0.243 e. The van der Waals surface area contributed by atoms with Crippen LogP contribution in [0.5, 0.6) is 0 Å². The number of carbonyl (C=O) groups is 1. The van der Waals surface area contributed by atoms with E-state index < -0.39 is 5.91 Å². The van der Waals surface area contributed by atoms with E-state index in [1.165, 1.54) is 12.8 Å². The van der Waals surface area contributed by atoms with Crippen LogP contribution >= 0.6 is 0 Å². The quantitative estimate of drug-likeness (QED) is 0.558. The van der Waals surface area contributed by atoms with Gasteiger partial charge in [0.25, 0.3) is 0 Å². The molecule has 0 spiro atoms. The first-order valence-electron chi connectivity index (χ1n) is 7.41. The van der Waals surface area contributed by atoms with Gasteiger partial charge in [0.15, 0.2) is 0 Å². The van der Waals surface area contributed by atoms with Crippen molar-refractivity contribution in [2.45, 2.75) is 32.1 Å². The van der Waals surface area contributed by atoms with Crippen molar-refractivity contribution >= 4 is 17.5 Å². The number of amides is 1. The highest BCUT2D eigenvalue weighted by Crippen LogP contribution is 2.38. The van der Waals surface area contributed by atoms with Crippen molar-refractivity contribution in [3.05, 3.63) is 11.9 Å². The van der Waals surface area contributed by atoms with Crippen LogP contribution in [0.1, 0.15) is 37.9 Å². The molecule has 0 aliphatic heterocycles. The highest BCUT2D eigenvalue weighted by molar-refractivity contribution is 5.74. The Morgan fingerprint density at radius 2 is 2.00 bits per heavy atom. The van der Waals surface area contributed by atoms with Gasteiger partial charge in [0.1, 0.15) is 24.1 Å². The second-order valence-electron chi connectivity index (χ2n) is 5.14. The first-order valence-corrected chi connectivity index (χ1v) is 7.41. The minimum Gasteiger partial charge on any atom is -0.370 e. The molecule has 2 rings (SSSR count). The first kappa shape index (κ1) is 15.5. The molecule has 0 saturated heterocycles. The Labute approximate surface area is 124 Å². The molecular weight excluding hydrogens is 270 g/mol. The fourth-order valence-electron chi connectivity index (χ4n) is 1.85. The molecule has 0 unspecified atom stereocenters. The number of carbonyl (C=O) groups excluding carboxylic acids is 1. The van der Waals surface area contributed by atoms with Gasteiger partial charge in [-0.15, -0.1) is 0 Å². The molecular formula is C14H23N5O2. The number of primary amides is 1. The number of hydrogen-bond acceptors (Lipinski definition) is 6. The van der Waals surface area contributed by atoms with Gasteiger partial charge >= 0.3 is 0 Å². The lowest BCUT2D eigenvalue weighted by molar-refractivity contribution is -0.122. The Bertz CT molecular complexity index is 476. The number of nitrogens with two attached hydrogens (primary N) is 1. The van der Waals surface area contributed by atoms with E-state index in [4.69, 9.17) is 10.5 Å². The van der Waals surface area contributed by atoms with E-state index in [9.17, 15) is 4.79 Å². The van der Waals surface area contributed by atoms with Crippen molar-refractivity contribution < 1.29 is 9.53 Å². The molecule has 7 nitrogen and oxygen atoms in total. The van der Waals surface area contributed by atoms with Gasteiger partial charge in [0, 0.05) is 25.1 Å². The number of hydrogen-bond donors (Lipinski definition) is 3. The summed E-state index contributed by atoms with van der Waals surface area (Å²) in [6, 6.07) is 1.90.